The molecule has 1 aliphatic heterocycles. The average molecular weight is 291 g/mol. The summed E-state index contributed by atoms with van der Waals surface area (Å²) in [5.74, 6) is -0.0555. The topological polar surface area (TPSA) is 64.6 Å². The normalized spacial score (nSPS) is 17.6. The number of amides is 1. The van der Waals surface area contributed by atoms with Gasteiger partial charge < -0.3 is 20.6 Å². The largest absolute Gasteiger partial charge is 0.393 e. The number of hydrogen-bond acceptors (Lipinski definition) is 4. The van der Waals surface area contributed by atoms with Gasteiger partial charge in [0.1, 0.15) is 0 Å². The van der Waals surface area contributed by atoms with Gasteiger partial charge in [0, 0.05) is 25.6 Å². The van der Waals surface area contributed by atoms with Crippen LogP contribution in [0.5, 0.6) is 0 Å². The molecule has 0 bridgehead atoms. The maximum atomic E-state index is 12.2. The van der Waals surface area contributed by atoms with Crippen molar-refractivity contribution in [2.45, 2.75) is 25.9 Å². The van der Waals surface area contributed by atoms with Crippen LogP contribution in [0, 0.1) is 5.92 Å². The predicted molar refractivity (Wildman–Crippen MR) is 85.6 cm³/mol. The van der Waals surface area contributed by atoms with Gasteiger partial charge in [0.2, 0.25) is 5.91 Å². The van der Waals surface area contributed by atoms with Crippen LogP contribution >= 0.6 is 0 Å². The summed E-state index contributed by atoms with van der Waals surface area (Å²) in [6, 6.07) is 7.87. The number of para-hydroxylation sites is 2. The molecule has 0 spiro atoms. The molecule has 1 saturated heterocycles. The second-order valence-electron chi connectivity index (χ2n) is 5.68. The van der Waals surface area contributed by atoms with Crippen molar-refractivity contribution in [3.05, 3.63) is 24.3 Å². The Morgan fingerprint density at radius 2 is 2.05 bits per heavy atom. The molecule has 1 aromatic rings. The van der Waals surface area contributed by atoms with Crippen LogP contribution in [0.25, 0.3) is 0 Å². The molecule has 1 aromatic carbocycles. The number of anilines is 2. The van der Waals surface area contributed by atoms with Crippen LogP contribution in [0.1, 0.15) is 19.8 Å². The lowest BCUT2D eigenvalue weighted by Crippen LogP contribution is -2.36. The number of carbonyl (C=O) groups is 1. The minimum absolute atomic E-state index is 0.0221. The van der Waals surface area contributed by atoms with Crippen LogP contribution in [0.4, 0.5) is 11.4 Å². The van der Waals surface area contributed by atoms with E-state index < -0.39 is 0 Å². The minimum Gasteiger partial charge on any atom is -0.393 e. The molecule has 1 atom stereocenters. The lowest BCUT2D eigenvalue weighted by molar-refractivity contribution is -0.119. The molecule has 0 aromatic heterocycles. The van der Waals surface area contributed by atoms with Gasteiger partial charge >= 0.3 is 0 Å². The summed E-state index contributed by atoms with van der Waals surface area (Å²) in [6.45, 7) is 4.20. The predicted octanol–water partition coefficient (Wildman–Crippen LogP) is 1.44. The van der Waals surface area contributed by atoms with E-state index in [1.165, 1.54) is 0 Å². The Morgan fingerprint density at radius 3 is 2.71 bits per heavy atom. The summed E-state index contributed by atoms with van der Waals surface area (Å²) in [5, 5.41) is 15.7. The number of aliphatic hydroxyl groups is 1. The molecule has 0 radical (unpaired) electrons. The van der Waals surface area contributed by atoms with Gasteiger partial charge in [0.05, 0.1) is 17.5 Å². The fourth-order valence-corrected chi connectivity index (χ4v) is 2.62. The molecule has 1 amide bonds. The van der Waals surface area contributed by atoms with Gasteiger partial charge in [-0.25, -0.2) is 0 Å². The van der Waals surface area contributed by atoms with Gasteiger partial charge in [0.15, 0.2) is 0 Å². The highest BCUT2D eigenvalue weighted by Crippen LogP contribution is 2.28. The molecule has 1 unspecified atom stereocenters. The summed E-state index contributed by atoms with van der Waals surface area (Å²) in [4.78, 5) is 14.4. The average Bonchev–Trinajstić information content (AvgIpc) is 2.49. The van der Waals surface area contributed by atoms with E-state index in [1.54, 1.807) is 0 Å². The number of nitrogens with one attached hydrogen (secondary N) is 2. The second-order valence-corrected chi connectivity index (χ2v) is 5.68. The Morgan fingerprint density at radius 1 is 1.38 bits per heavy atom. The van der Waals surface area contributed by atoms with E-state index in [4.69, 9.17) is 0 Å². The highest BCUT2D eigenvalue weighted by Gasteiger charge is 2.20. The molecular formula is C16H25N3O2. The summed E-state index contributed by atoms with van der Waals surface area (Å²) in [5.41, 5.74) is 1.89. The molecule has 3 N–H and O–H groups in total. The van der Waals surface area contributed by atoms with Crippen molar-refractivity contribution in [1.29, 1.82) is 0 Å². The molecule has 1 heterocycles. The molecule has 2 rings (SSSR count). The zero-order valence-corrected chi connectivity index (χ0v) is 12.8. The first kappa shape index (κ1) is 15.8. The number of aliphatic hydroxyl groups excluding tert-OH is 1. The third-order valence-corrected chi connectivity index (χ3v) is 3.92. The van der Waals surface area contributed by atoms with Crippen molar-refractivity contribution < 1.29 is 9.90 Å². The zero-order valence-electron chi connectivity index (χ0n) is 12.8. The number of carbonyl (C=O) groups excluding carboxylic acids is 1. The van der Waals surface area contributed by atoms with E-state index in [2.05, 4.69) is 15.5 Å². The number of piperidine rings is 1. The first-order valence-corrected chi connectivity index (χ1v) is 7.59. The molecule has 1 aliphatic rings. The van der Waals surface area contributed by atoms with Crippen LogP contribution in [-0.4, -0.2) is 43.8 Å². The maximum absolute atomic E-state index is 12.2. The van der Waals surface area contributed by atoms with Gasteiger partial charge in [0.25, 0.3) is 0 Å². The lowest BCUT2D eigenvalue weighted by atomic mass is 10.1. The highest BCUT2D eigenvalue weighted by molar-refractivity contribution is 5.95. The minimum atomic E-state index is -0.196. The van der Waals surface area contributed by atoms with Gasteiger partial charge in [-0.1, -0.05) is 19.1 Å². The van der Waals surface area contributed by atoms with Crippen LogP contribution in [-0.2, 0) is 4.79 Å². The highest BCUT2D eigenvalue weighted by atomic mass is 16.3. The molecular weight excluding hydrogens is 266 g/mol. The molecule has 5 nitrogen and oxygen atoms in total. The zero-order chi connectivity index (χ0) is 15.2. The summed E-state index contributed by atoms with van der Waals surface area (Å²) in [6.07, 6.45) is 1.36. The van der Waals surface area contributed by atoms with Crippen molar-refractivity contribution in [2.75, 3.05) is 36.9 Å². The van der Waals surface area contributed by atoms with Gasteiger partial charge in [-0.15, -0.1) is 0 Å². The summed E-state index contributed by atoms with van der Waals surface area (Å²) in [7, 11) is 1.84. The van der Waals surface area contributed by atoms with E-state index in [0.717, 1.165) is 37.3 Å². The number of hydrogen-bond donors (Lipinski definition) is 3. The Hall–Kier alpha value is -1.59. The molecule has 21 heavy (non-hydrogen) atoms. The SMILES string of the molecule is CNCC(C)C(=O)Nc1ccccc1N1CCC(O)CC1. The lowest BCUT2D eigenvalue weighted by Gasteiger charge is -2.33. The van der Waals surface area contributed by atoms with Crippen LogP contribution in [0.15, 0.2) is 24.3 Å². The molecule has 0 aliphatic carbocycles. The van der Waals surface area contributed by atoms with Gasteiger partial charge in [-0.2, -0.15) is 0 Å². The Labute approximate surface area is 126 Å². The van der Waals surface area contributed by atoms with Gasteiger partial charge in [-0.3, -0.25) is 4.79 Å². The van der Waals surface area contributed by atoms with E-state index in [9.17, 15) is 9.90 Å². The standard InChI is InChI=1S/C16H25N3O2/c1-12(11-17-2)16(21)18-14-5-3-4-6-15(14)19-9-7-13(20)8-10-19/h3-6,12-13,17,20H,7-11H2,1-2H3,(H,18,21). The quantitative estimate of drug-likeness (QED) is 0.768. The van der Waals surface area contributed by atoms with E-state index in [1.807, 2.05) is 38.2 Å². The second kappa shape index (κ2) is 7.43. The van der Waals surface area contributed by atoms with Crippen molar-refractivity contribution in [3.8, 4) is 0 Å². The third kappa shape index (κ3) is 4.19. The Balaban J connectivity index is 2.08. The van der Waals surface area contributed by atoms with Crippen LogP contribution in [0.2, 0.25) is 0 Å². The fraction of sp³-hybridized carbons (Fsp3) is 0.562. The Kier molecular flexibility index (Phi) is 5.59. The van der Waals surface area contributed by atoms with Crippen molar-refractivity contribution in [3.63, 3.8) is 0 Å². The van der Waals surface area contributed by atoms with E-state index >= 15 is 0 Å². The van der Waals surface area contributed by atoms with Crippen molar-refractivity contribution >= 4 is 17.3 Å². The van der Waals surface area contributed by atoms with Gasteiger partial charge in [-0.05, 0) is 32.0 Å². The molecule has 116 valence electrons. The van der Waals surface area contributed by atoms with Crippen LogP contribution in [0.3, 0.4) is 0 Å². The van der Waals surface area contributed by atoms with Crippen LogP contribution < -0.4 is 15.5 Å². The monoisotopic (exact) mass is 291 g/mol. The summed E-state index contributed by atoms with van der Waals surface area (Å²) < 4.78 is 0. The van der Waals surface area contributed by atoms with Crippen molar-refractivity contribution in [2.24, 2.45) is 5.92 Å². The van der Waals surface area contributed by atoms with E-state index in [-0.39, 0.29) is 17.9 Å². The third-order valence-electron chi connectivity index (χ3n) is 3.92. The Bertz CT molecular complexity index is 470. The first-order valence-electron chi connectivity index (χ1n) is 7.59. The van der Waals surface area contributed by atoms with Crippen molar-refractivity contribution in [1.82, 2.24) is 5.32 Å². The first-order chi connectivity index (χ1) is 10.1. The fourth-order valence-electron chi connectivity index (χ4n) is 2.62. The molecule has 5 heteroatoms. The number of rotatable bonds is 5. The number of nitrogens with zero attached hydrogens (tertiary/aromatic N) is 1. The smallest absolute Gasteiger partial charge is 0.228 e. The maximum Gasteiger partial charge on any atom is 0.228 e. The number of benzene rings is 1. The molecule has 0 saturated carbocycles. The summed E-state index contributed by atoms with van der Waals surface area (Å²) >= 11 is 0. The molecule has 1 fully saturated rings. The van der Waals surface area contributed by atoms with E-state index in [0.29, 0.717) is 6.54 Å².